The third-order valence-electron chi connectivity index (χ3n) is 3.83. The van der Waals surface area contributed by atoms with Gasteiger partial charge in [0, 0.05) is 19.0 Å². The molecule has 138 valence electrons. The Morgan fingerprint density at radius 2 is 2.19 bits per heavy atom. The Kier molecular flexibility index (Phi) is 5.79. The van der Waals surface area contributed by atoms with Crippen LogP contribution in [0.4, 0.5) is 8.78 Å². The molecule has 0 radical (unpaired) electrons. The Morgan fingerprint density at radius 1 is 1.37 bits per heavy atom. The number of nitrogens with one attached hydrogen (secondary N) is 2. The molecule has 0 saturated heterocycles. The Labute approximate surface area is 158 Å². The summed E-state index contributed by atoms with van der Waals surface area (Å²) in [5, 5.41) is 3.88. The van der Waals surface area contributed by atoms with E-state index in [1.165, 1.54) is 0 Å². The van der Waals surface area contributed by atoms with Crippen molar-refractivity contribution in [3.8, 4) is 11.8 Å². The van der Waals surface area contributed by atoms with E-state index >= 15 is 0 Å². The first-order valence-electron chi connectivity index (χ1n) is 8.17. The van der Waals surface area contributed by atoms with Crippen molar-refractivity contribution in [2.24, 2.45) is 0 Å². The monoisotopic (exact) mass is 388 g/mol. The normalized spacial score (nSPS) is 11.9. The number of H-pyrrole nitrogens is 1. The van der Waals surface area contributed by atoms with Crippen molar-refractivity contribution in [3.63, 3.8) is 0 Å². The smallest absolute Gasteiger partial charge is 0.260 e. The van der Waals surface area contributed by atoms with Crippen molar-refractivity contribution >= 4 is 22.5 Å². The Morgan fingerprint density at radius 3 is 2.96 bits per heavy atom. The highest BCUT2D eigenvalue weighted by Gasteiger charge is 2.11. The summed E-state index contributed by atoms with van der Waals surface area (Å²) in [4.78, 5) is 23.0. The van der Waals surface area contributed by atoms with Crippen LogP contribution in [-0.2, 0) is 0 Å². The summed E-state index contributed by atoms with van der Waals surface area (Å²) < 4.78 is 26.2. The van der Waals surface area contributed by atoms with Gasteiger partial charge in [0.05, 0.1) is 28.2 Å². The minimum Gasteiger partial charge on any atom is -0.309 e. The largest absolute Gasteiger partial charge is 0.309 e. The van der Waals surface area contributed by atoms with Gasteiger partial charge in [-0.1, -0.05) is 23.6 Å². The van der Waals surface area contributed by atoms with Crippen LogP contribution in [0.15, 0.2) is 35.3 Å². The summed E-state index contributed by atoms with van der Waals surface area (Å²) in [5.41, 5.74) is 0.126. The predicted octanol–water partition coefficient (Wildman–Crippen LogP) is 3.34. The van der Waals surface area contributed by atoms with E-state index in [1.54, 1.807) is 18.2 Å². The van der Waals surface area contributed by atoms with Gasteiger partial charge >= 0.3 is 0 Å². The summed E-state index contributed by atoms with van der Waals surface area (Å²) in [6.07, 6.45) is 1.33. The number of hydrogen-bond donors (Lipinski definition) is 2. The Balaban J connectivity index is 1.63. The third-order valence-corrected chi connectivity index (χ3v) is 4.14. The van der Waals surface area contributed by atoms with Gasteiger partial charge in [-0.15, -0.1) is 0 Å². The lowest BCUT2D eigenvalue weighted by molar-refractivity contribution is 0.555. The standard InChI is InChI=1S/C19H15ClF2N4O/c1-11(18-25-16-7-4-5-13(20)17(16)19(27)26-18)23-8-3-2-6-15-14(22)9-12(21)10-24-15/h4-5,7,9-11,23H,3,8H2,1H3,(H,25,26,27). The first-order valence-corrected chi connectivity index (χ1v) is 8.55. The molecule has 5 nitrogen and oxygen atoms in total. The summed E-state index contributed by atoms with van der Waals surface area (Å²) in [5.74, 6) is 4.28. The van der Waals surface area contributed by atoms with Crippen LogP contribution < -0.4 is 10.9 Å². The second-order valence-electron chi connectivity index (χ2n) is 5.80. The summed E-state index contributed by atoms with van der Waals surface area (Å²) in [6, 6.07) is 5.61. The van der Waals surface area contributed by atoms with E-state index in [2.05, 4.69) is 32.1 Å². The number of pyridine rings is 1. The number of fused-ring (bicyclic) bond motifs is 1. The Bertz CT molecular complexity index is 1100. The minimum absolute atomic E-state index is 0.0955. The summed E-state index contributed by atoms with van der Waals surface area (Å²) >= 11 is 6.04. The van der Waals surface area contributed by atoms with Crippen LogP contribution in [0, 0.1) is 23.5 Å². The zero-order chi connectivity index (χ0) is 19.4. The maximum Gasteiger partial charge on any atom is 0.260 e. The molecule has 0 fully saturated rings. The van der Waals surface area contributed by atoms with Gasteiger partial charge in [0.1, 0.15) is 17.3 Å². The quantitative estimate of drug-likeness (QED) is 0.531. The van der Waals surface area contributed by atoms with Crippen LogP contribution >= 0.6 is 11.6 Å². The van der Waals surface area contributed by atoms with Gasteiger partial charge in [0.25, 0.3) is 5.56 Å². The molecule has 0 aliphatic rings. The van der Waals surface area contributed by atoms with Gasteiger partial charge in [0.2, 0.25) is 0 Å². The van der Waals surface area contributed by atoms with Crippen molar-refractivity contribution in [2.75, 3.05) is 6.54 Å². The number of nitrogens with zero attached hydrogens (tertiary/aromatic N) is 2. The lowest BCUT2D eigenvalue weighted by atomic mass is 10.2. The molecule has 0 spiro atoms. The van der Waals surface area contributed by atoms with Gasteiger partial charge in [0.15, 0.2) is 5.82 Å². The fourth-order valence-corrected chi connectivity index (χ4v) is 2.73. The molecular formula is C19H15ClF2N4O. The molecule has 2 aromatic heterocycles. The first-order chi connectivity index (χ1) is 13.0. The fraction of sp³-hybridized carbons (Fsp3) is 0.211. The van der Waals surface area contributed by atoms with Gasteiger partial charge < -0.3 is 10.3 Å². The molecule has 8 heteroatoms. The number of aromatic nitrogens is 3. The van der Waals surface area contributed by atoms with Gasteiger partial charge in [-0.25, -0.2) is 18.7 Å². The Hall–Kier alpha value is -2.82. The zero-order valence-electron chi connectivity index (χ0n) is 14.3. The van der Waals surface area contributed by atoms with Crippen molar-refractivity contribution in [3.05, 3.63) is 69.0 Å². The van der Waals surface area contributed by atoms with Crippen LogP contribution in [0.1, 0.15) is 30.9 Å². The minimum atomic E-state index is -0.791. The van der Waals surface area contributed by atoms with Gasteiger partial charge in [-0.05, 0) is 25.0 Å². The van der Waals surface area contributed by atoms with E-state index in [0.717, 1.165) is 12.3 Å². The molecule has 3 rings (SSSR count). The molecular weight excluding hydrogens is 374 g/mol. The van der Waals surface area contributed by atoms with E-state index in [1.807, 2.05) is 6.92 Å². The van der Waals surface area contributed by atoms with Crippen molar-refractivity contribution in [2.45, 2.75) is 19.4 Å². The van der Waals surface area contributed by atoms with E-state index in [9.17, 15) is 13.6 Å². The highest BCUT2D eigenvalue weighted by atomic mass is 35.5. The second-order valence-corrected chi connectivity index (χ2v) is 6.20. The molecule has 1 atom stereocenters. The number of aromatic amines is 1. The number of hydrogen-bond acceptors (Lipinski definition) is 4. The maximum atomic E-state index is 13.4. The van der Waals surface area contributed by atoms with Crippen LogP contribution in [0.2, 0.25) is 5.02 Å². The van der Waals surface area contributed by atoms with Crippen LogP contribution in [0.3, 0.4) is 0 Å². The SMILES string of the molecule is CC(NCCC#Cc1ncc(F)cc1F)c1nc2cccc(Cl)c2c(=O)[nH]1. The van der Waals surface area contributed by atoms with Crippen LogP contribution in [-0.4, -0.2) is 21.5 Å². The number of halogens is 3. The molecule has 3 aromatic rings. The maximum absolute atomic E-state index is 13.4. The first kappa shape index (κ1) is 19.0. The van der Waals surface area contributed by atoms with E-state index in [4.69, 9.17) is 11.6 Å². The van der Waals surface area contributed by atoms with Gasteiger partial charge in [-0.3, -0.25) is 4.79 Å². The van der Waals surface area contributed by atoms with Gasteiger partial charge in [-0.2, -0.15) is 0 Å². The molecule has 0 aliphatic heterocycles. The molecule has 0 amide bonds. The lowest BCUT2D eigenvalue weighted by Crippen LogP contribution is -2.24. The molecule has 0 aliphatic carbocycles. The zero-order valence-corrected chi connectivity index (χ0v) is 15.1. The molecule has 2 N–H and O–H groups in total. The summed E-state index contributed by atoms with van der Waals surface area (Å²) in [6.45, 7) is 2.33. The third kappa shape index (κ3) is 4.48. The topological polar surface area (TPSA) is 70.7 Å². The molecule has 1 unspecified atom stereocenters. The number of rotatable bonds is 4. The molecule has 2 heterocycles. The average molecular weight is 389 g/mol. The van der Waals surface area contributed by atoms with Crippen molar-refractivity contribution in [1.82, 2.24) is 20.3 Å². The van der Waals surface area contributed by atoms with E-state index in [-0.39, 0.29) is 17.3 Å². The predicted molar refractivity (Wildman–Crippen MR) is 99.4 cm³/mol. The van der Waals surface area contributed by atoms with E-state index in [0.29, 0.717) is 34.7 Å². The highest BCUT2D eigenvalue weighted by molar-refractivity contribution is 6.35. The fourth-order valence-electron chi connectivity index (χ4n) is 2.47. The van der Waals surface area contributed by atoms with Crippen molar-refractivity contribution < 1.29 is 8.78 Å². The number of benzene rings is 1. The van der Waals surface area contributed by atoms with Crippen LogP contribution in [0.25, 0.3) is 10.9 Å². The highest BCUT2D eigenvalue weighted by Crippen LogP contribution is 2.19. The second kappa shape index (κ2) is 8.25. The molecule has 0 saturated carbocycles. The lowest BCUT2D eigenvalue weighted by Gasteiger charge is -2.12. The van der Waals surface area contributed by atoms with Crippen LogP contribution in [0.5, 0.6) is 0 Å². The molecule has 0 bridgehead atoms. The van der Waals surface area contributed by atoms with Crippen molar-refractivity contribution in [1.29, 1.82) is 0 Å². The van der Waals surface area contributed by atoms with E-state index < -0.39 is 11.6 Å². The molecule has 27 heavy (non-hydrogen) atoms. The average Bonchev–Trinajstić information content (AvgIpc) is 2.62. The summed E-state index contributed by atoms with van der Waals surface area (Å²) in [7, 11) is 0. The molecule has 1 aromatic carbocycles.